The predicted molar refractivity (Wildman–Crippen MR) is 148 cm³/mol. The van der Waals surface area contributed by atoms with Crippen molar-refractivity contribution in [2.75, 3.05) is 26.2 Å². The SMILES string of the molecule is Cc1ccc(CN2CCC3(CC2)CN(CC2CCC(C(=O)NC4Cc5ccccc5C4)CC2)C(=O)O3)cc1. The third-order valence-electron chi connectivity index (χ3n) is 9.43. The Morgan fingerprint density at radius 2 is 1.63 bits per heavy atom. The van der Waals surface area contributed by atoms with Crippen molar-refractivity contribution in [3.8, 4) is 0 Å². The Hall–Kier alpha value is -2.86. The monoisotopic (exact) mass is 515 g/mol. The van der Waals surface area contributed by atoms with Crippen molar-refractivity contribution in [3.05, 3.63) is 70.8 Å². The second-order valence-electron chi connectivity index (χ2n) is 12.3. The van der Waals surface area contributed by atoms with Crippen LogP contribution in [0.5, 0.6) is 0 Å². The molecule has 0 unspecified atom stereocenters. The average molecular weight is 516 g/mol. The summed E-state index contributed by atoms with van der Waals surface area (Å²) in [6.45, 7) is 6.47. The largest absolute Gasteiger partial charge is 0.441 e. The van der Waals surface area contributed by atoms with Gasteiger partial charge < -0.3 is 15.0 Å². The van der Waals surface area contributed by atoms with E-state index < -0.39 is 0 Å². The van der Waals surface area contributed by atoms with Crippen LogP contribution in [0.15, 0.2) is 48.5 Å². The van der Waals surface area contributed by atoms with Crippen LogP contribution in [0, 0.1) is 18.8 Å². The van der Waals surface area contributed by atoms with E-state index in [-0.39, 0.29) is 29.6 Å². The number of rotatable bonds is 6. The highest BCUT2D eigenvalue weighted by molar-refractivity contribution is 5.79. The van der Waals surface area contributed by atoms with E-state index in [1.54, 1.807) is 0 Å². The maximum atomic E-state index is 13.0. The fourth-order valence-electron chi connectivity index (χ4n) is 7.06. The molecule has 1 N–H and O–H groups in total. The van der Waals surface area contributed by atoms with Crippen LogP contribution in [-0.2, 0) is 28.9 Å². The van der Waals surface area contributed by atoms with Crippen LogP contribution in [0.2, 0.25) is 0 Å². The van der Waals surface area contributed by atoms with Crippen molar-refractivity contribution >= 4 is 12.0 Å². The van der Waals surface area contributed by atoms with Crippen LogP contribution in [0.3, 0.4) is 0 Å². The van der Waals surface area contributed by atoms with Gasteiger partial charge in [0.1, 0.15) is 5.60 Å². The van der Waals surface area contributed by atoms with E-state index in [4.69, 9.17) is 4.74 Å². The van der Waals surface area contributed by atoms with E-state index in [1.807, 2.05) is 4.90 Å². The van der Waals surface area contributed by atoms with Gasteiger partial charge >= 0.3 is 6.09 Å². The van der Waals surface area contributed by atoms with Crippen LogP contribution in [-0.4, -0.2) is 59.6 Å². The Labute approximate surface area is 226 Å². The molecule has 0 radical (unpaired) electrons. The van der Waals surface area contributed by atoms with Gasteiger partial charge in [-0.05, 0) is 68.1 Å². The summed E-state index contributed by atoms with van der Waals surface area (Å²) in [5.74, 6) is 0.780. The number of benzene rings is 2. The number of aryl methyl sites for hydroxylation is 1. The molecular formula is C32H41N3O3. The molecule has 6 rings (SSSR count). The van der Waals surface area contributed by atoms with Crippen molar-refractivity contribution in [2.45, 2.75) is 76.5 Å². The number of ether oxygens (including phenoxy) is 1. The Balaban J connectivity index is 0.934. The Morgan fingerprint density at radius 1 is 0.974 bits per heavy atom. The van der Waals surface area contributed by atoms with Gasteiger partial charge in [-0.3, -0.25) is 9.69 Å². The third-order valence-corrected chi connectivity index (χ3v) is 9.43. The van der Waals surface area contributed by atoms with Crippen LogP contribution in [0.4, 0.5) is 4.79 Å². The standard InChI is InChI=1S/C32H41N3O3/c1-23-6-8-24(9-7-23)20-34-16-14-32(15-17-34)22-35(31(37)38-32)21-25-10-12-26(13-11-25)30(36)33-29-18-27-4-2-3-5-28(27)19-29/h2-9,25-26,29H,10-22H2,1H3,(H,33,36). The minimum atomic E-state index is -0.323. The zero-order chi connectivity index (χ0) is 26.1. The first kappa shape index (κ1) is 25.4. The van der Waals surface area contributed by atoms with Crippen LogP contribution < -0.4 is 5.32 Å². The van der Waals surface area contributed by atoms with Gasteiger partial charge in [-0.25, -0.2) is 4.79 Å². The van der Waals surface area contributed by atoms with Gasteiger partial charge in [0.25, 0.3) is 0 Å². The number of nitrogens with zero attached hydrogens (tertiary/aromatic N) is 2. The summed E-state index contributed by atoms with van der Waals surface area (Å²) in [5, 5.41) is 3.32. The van der Waals surface area contributed by atoms with Gasteiger partial charge in [-0.2, -0.15) is 0 Å². The number of carbonyl (C=O) groups excluding carboxylic acids is 2. The van der Waals surface area contributed by atoms with Gasteiger partial charge in [0.2, 0.25) is 5.91 Å². The van der Waals surface area contributed by atoms with Crippen LogP contribution in [0.25, 0.3) is 0 Å². The maximum absolute atomic E-state index is 13.0. The molecule has 0 bridgehead atoms. The molecule has 4 aliphatic rings. The smallest absolute Gasteiger partial charge is 0.410 e. The summed E-state index contributed by atoms with van der Waals surface area (Å²) in [7, 11) is 0. The summed E-state index contributed by atoms with van der Waals surface area (Å²) in [5.41, 5.74) is 5.05. The highest BCUT2D eigenvalue weighted by Gasteiger charge is 2.47. The number of hydrogen-bond donors (Lipinski definition) is 1. The Morgan fingerprint density at radius 3 is 2.29 bits per heavy atom. The van der Waals surface area contributed by atoms with Crippen molar-refractivity contribution in [2.24, 2.45) is 11.8 Å². The van der Waals surface area contributed by atoms with E-state index in [0.29, 0.717) is 12.5 Å². The van der Waals surface area contributed by atoms with E-state index in [2.05, 4.69) is 65.7 Å². The van der Waals surface area contributed by atoms with Gasteiger partial charge in [0, 0.05) is 51.0 Å². The van der Waals surface area contributed by atoms with Crippen molar-refractivity contribution in [1.82, 2.24) is 15.1 Å². The molecule has 6 nitrogen and oxygen atoms in total. The number of piperidine rings is 1. The quantitative estimate of drug-likeness (QED) is 0.596. The second kappa shape index (κ2) is 10.7. The lowest BCUT2D eigenvalue weighted by Crippen LogP contribution is -2.47. The number of hydrogen-bond acceptors (Lipinski definition) is 4. The summed E-state index contributed by atoms with van der Waals surface area (Å²) < 4.78 is 6.01. The lowest BCUT2D eigenvalue weighted by Gasteiger charge is -2.37. The molecule has 3 fully saturated rings. The number of fused-ring (bicyclic) bond motifs is 1. The maximum Gasteiger partial charge on any atom is 0.410 e. The molecule has 2 aromatic rings. The Kier molecular flexibility index (Phi) is 7.17. The predicted octanol–water partition coefficient (Wildman–Crippen LogP) is 4.87. The first-order valence-electron chi connectivity index (χ1n) is 14.6. The van der Waals surface area contributed by atoms with E-state index in [0.717, 1.165) is 77.5 Å². The number of nitrogens with one attached hydrogen (secondary N) is 1. The van der Waals surface area contributed by atoms with Crippen LogP contribution >= 0.6 is 0 Å². The summed E-state index contributed by atoms with van der Waals surface area (Å²) >= 11 is 0. The van der Waals surface area contributed by atoms with E-state index in [1.165, 1.54) is 22.3 Å². The van der Waals surface area contributed by atoms with E-state index in [9.17, 15) is 9.59 Å². The van der Waals surface area contributed by atoms with Crippen molar-refractivity contribution in [1.29, 1.82) is 0 Å². The number of likely N-dealkylation sites (tertiary alicyclic amines) is 1. The highest BCUT2D eigenvalue weighted by Crippen LogP contribution is 2.36. The molecule has 6 heteroatoms. The molecule has 2 aliphatic carbocycles. The first-order valence-corrected chi connectivity index (χ1v) is 14.6. The minimum absolute atomic E-state index is 0.102. The summed E-state index contributed by atoms with van der Waals surface area (Å²) in [6, 6.07) is 17.5. The van der Waals surface area contributed by atoms with Gasteiger partial charge in [-0.1, -0.05) is 54.1 Å². The van der Waals surface area contributed by atoms with Gasteiger partial charge in [0.15, 0.2) is 0 Å². The number of amides is 2. The van der Waals surface area contributed by atoms with Crippen molar-refractivity contribution in [3.63, 3.8) is 0 Å². The molecule has 2 aromatic carbocycles. The molecule has 2 aliphatic heterocycles. The van der Waals surface area contributed by atoms with Gasteiger partial charge in [-0.15, -0.1) is 0 Å². The minimum Gasteiger partial charge on any atom is -0.441 e. The zero-order valence-corrected chi connectivity index (χ0v) is 22.7. The van der Waals surface area contributed by atoms with E-state index >= 15 is 0 Å². The third kappa shape index (κ3) is 5.61. The molecule has 202 valence electrons. The second-order valence-corrected chi connectivity index (χ2v) is 12.3. The van der Waals surface area contributed by atoms with Crippen molar-refractivity contribution < 1.29 is 14.3 Å². The topological polar surface area (TPSA) is 61.9 Å². The lowest BCUT2D eigenvalue weighted by atomic mass is 9.81. The first-order chi connectivity index (χ1) is 18.4. The lowest BCUT2D eigenvalue weighted by molar-refractivity contribution is -0.126. The normalized spacial score (nSPS) is 25.4. The molecule has 2 saturated heterocycles. The van der Waals surface area contributed by atoms with Gasteiger partial charge in [0.05, 0.1) is 6.54 Å². The Bertz CT molecular complexity index is 1120. The fourth-order valence-corrected chi connectivity index (χ4v) is 7.06. The highest BCUT2D eigenvalue weighted by atomic mass is 16.6. The molecule has 2 amide bonds. The zero-order valence-electron chi connectivity index (χ0n) is 22.7. The molecular weight excluding hydrogens is 474 g/mol. The molecule has 1 spiro atoms. The fraction of sp³-hybridized carbons (Fsp3) is 0.562. The number of carbonyl (C=O) groups is 2. The summed E-state index contributed by atoms with van der Waals surface area (Å²) in [6.07, 6.45) is 7.39. The molecule has 38 heavy (non-hydrogen) atoms. The molecule has 1 saturated carbocycles. The average Bonchev–Trinajstić information content (AvgIpc) is 3.47. The summed E-state index contributed by atoms with van der Waals surface area (Å²) in [4.78, 5) is 30.2. The molecule has 0 atom stereocenters. The molecule has 2 heterocycles. The molecule has 0 aromatic heterocycles. The van der Waals surface area contributed by atoms with Crippen LogP contribution in [0.1, 0.15) is 60.8 Å².